The minimum absolute atomic E-state index is 0.620. The molecule has 114 valence electrons. The summed E-state index contributed by atoms with van der Waals surface area (Å²) >= 11 is 0. The molecule has 1 nitrogen and oxygen atoms in total. The highest BCUT2D eigenvalue weighted by atomic mass is 16.5. The lowest BCUT2D eigenvalue weighted by molar-refractivity contribution is 0.149. The zero-order valence-corrected chi connectivity index (χ0v) is 13.1. The summed E-state index contributed by atoms with van der Waals surface area (Å²) in [5.74, 6) is 1.69. The monoisotopic (exact) mass is 284 g/mol. The number of hydrogen-bond donors (Lipinski definition) is 0. The zero-order chi connectivity index (χ0) is 14.9. The van der Waals surface area contributed by atoms with Crippen LogP contribution in [0.2, 0.25) is 0 Å². The zero-order valence-electron chi connectivity index (χ0n) is 13.1. The molecule has 1 aromatic carbocycles. The van der Waals surface area contributed by atoms with Gasteiger partial charge in [-0.2, -0.15) is 0 Å². The summed E-state index contributed by atoms with van der Waals surface area (Å²) in [5.41, 5.74) is 2.69. The topological polar surface area (TPSA) is 9.23 Å². The van der Waals surface area contributed by atoms with Crippen molar-refractivity contribution in [1.29, 1.82) is 0 Å². The van der Waals surface area contributed by atoms with Crippen LogP contribution in [0.1, 0.15) is 43.2 Å². The maximum atomic E-state index is 5.46. The van der Waals surface area contributed by atoms with Crippen molar-refractivity contribution in [3.63, 3.8) is 0 Å². The van der Waals surface area contributed by atoms with Gasteiger partial charge < -0.3 is 4.74 Å². The van der Waals surface area contributed by atoms with Crippen molar-refractivity contribution in [1.82, 2.24) is 0 Å². The van der Waals surface area contributed by atoms with Crippen molar-refractivity contribution in [2.75, 3.05) is 6.61 Å². The van der Waals surface area contributed by atoms with Gasteiger partial charge in [-0.1, -0.05) is 36.4 Å². The molecule has 0 aromatic heterocycles. The molecule has 0 N–H and O–H groups in total. The molecule has 1 heteroatoms. The van der Waals surface area contributed by atoms with Crippen LogP contribution in [0.4, 0.5) is 0 Å². The van der Waals surface area contributed by atoms with Gasteiger partial charge in [-0.25, -0.2) is 0 Å². The minimum atomic E-state index is 0.620. The molecule has 0 atom stereocenters. The quantitative estimate of drug-likeness (QED) is 0.464. The number of benzene rings is 1. The average Bonchev–Trinajstić information content (AvgIpc) is 2.55. The minimum Gasteiger partial charge on any atom is -0.373 e. The highest BCUT2D eigenvalue weighted by Crippen LogP contribution is 2.32. The molecule has 1 saturated carbocycles. The van der Waals surface area contributed by atoms with Crippen molar-refractivity contribution in [3.05, 3.63) is 60.7 Å². The van der Waals surface area contributed by atoms with Gasteiger partial charge in [0.15, 0.2) is 0 Å². The van der Waals surface area contributed by atoms with Crippen LogP contribution in [-0.4, -0.2) is 6.61 Å². The molecule has 0 radical (unpaired) electrons. The van der Waals surface area contributed by atoms with Crippen LogP contribution in [-0.2, 0) is 17.8 Å². The summed E-state index contributed by atoms with van der Waals surface area (Å²) < 4.78 is 5.46. The summed E-state index contributed by atoms with van der Waals surface area (Å²) in [5, 5.41) is 0. The summed E-state index contributed by atoms with van der Waals surface area (Å²) in [4.78, 5) is 0. The third kappa shape index (κ3) is 5.51. The molecule has 0 aliphatic heterocycles. The Morgan fingerprint density at radius 3 is 2.29 bits per heavy atom. The largest absolute Gasteiger partial charge is 0.373 e. The van der Waals surface area contributed by atoms with Gasteiger partial charge in [-0.3, -0.25) is 0 Å². The number of rotatable bonds is 8. The van der Waals surface area contributed by atoms with E-state index < -0.39 is 0 Å². The Morgan fingerprint density at radius 1 is 1.00 bits per heavy atom. The van der Waals surface area contributed by atoms with Gasteiger partial charge >= 0.3 is 0 Å². The normalized spacial score (nSPS) is 21.9. The van der Waals surface area contributed by atoms with Crippen LogP contribution in [0.3, 0.4) is 0 Å². The van der Waals surface area contributed by atoms with Gasteiger partial charge in [-0.15, -0.1) is 13.2 Å². The molecule has 0 saturated heterocycles. The van der Waals surface area contributed by atoms with Crippen LogP contribution >= 0.6 is 0 Å². The molecule has 2 rings (SSSR count). The number of hydrogen-bond acceptors (Lipinski definition) is 1. The maximum Gasteiger partial charge on any atom is 0.0721 e. The van der Waals surface area contributed by atoms with E-state index in [0.717, 1.165) is 11.8 Å². The molecule has 1 aromatic rings. The summed E-state index contributed by atoms with van der Waals surface area (Å²) in [6.07, 6.45) is 11.9. The SMILES string of the molecule is C=CCOCc1ccc(CC[C@H]2CC[C@H](C=C)CC2)cc1. The van der Waals surface area contributed by atoms with E-state index in [1.807, 2.05) is 0 Å². The predicted octanol–water partition coefficient (Wildman–Crippen LogP) is 5.31. The molecule has 0 amide bonds. The number of aryl methyl sites for hydroxylation is 1. The molecule has 21 heavy (non-hydrogen) atoms. The summed E-state index contributed by atoms with van der Waals surface area (Å²) in [6, 6.07) is 8.88. The second-order valence-electron chi connectivity index (χ2n) is 6.18. The fourth-order valence-corrected chi connectivity index (χ4v) is 3.15. The van der Waals surface area contributed by atoms with Crippen LogP contribution in [0.5, 0.6) is 0 Å². The van der Waals surface area contributed by atoms with Crippen LogP contribution in [0, 0.1) is 11.8 Å². The first-order valence-electron chi connectivity index (χ1n) is 8.21. The fourth-order valence-electron chi connectivity index (χ4n) is 3.15. The molecule has 0 bridgehead atoms. The van der Waals surface area contributed by atoms with Gasteiger partial charge in [-0.05, 0) is 61.5 Å². The van der Waals surface area contributed by atoms with E-state index in [4.69, 9.17) is 4.74 Å². The molecule has 1 fully saturated rings. The van der Waals surface area contributed by atoms with Crippen molar-refractivity contribution in [2.24, 2.45) is 11.8 Å². The van der Waals surface area contributed by atoms with Gasteiger partial charge in [0.2, 0.25) is 0 Å². The first-order valence-corrected chi connectivity index (χ1v) is 8.21. The van der Waals surface area contributed by atoms with Crippen molar-refractivity contribution in [2.45, 2.75) is 45.1 Å². The first kappa shape index (κ1) is 16.0. The van der Waals surface area contributed by atoms with Crippen molar-refractivity contribution < 1.29 is 4.74 Å². The molecular formula is C20H28O. The average molecular weight is 284 g/mol. The second kappa shape index (κ2) is 8.84. The Hall–Kier alpha value is -1.34. The number of allylic oxidation sites excluding steroid dienone is 1. The Labute approximate surface area is 129 Å². The summed E-state index contributed by atoms with van der Waals surface area (Å²) in [6.45, 7) is 8.88. The van der Waals surface area contributed by atoms with Gasteiger partial charge in [0, 0.05) is 0 Å². The standard InChI is InChI=1S/C20H28O/c1-3-15-21-16-20-13-11-19(12-14-20)10-9-18-7-5-17(4-2)6-8-18/h3-4,11-14,17-18H,1-2,5-10,15-16H2/t17-,18-. The smallest absolute Gasteiger partial charge is 0.0721 e. The van der Waals surface area contributed by atoms with E-state index >= 15 is 0 Å². The lowest BCUT2D eigenvalue weighted by Crippen LogP contribution is -2.13. The van der Waals surface area contributed by atoms with Gasteiger partial charge in [0.05, 0.1) is 13.2 Å². The van der Waals surface area contributed by atoms with E-state index in [2.05, 4.69) is 43.5 Å². The molecule has 1 aliphatic rings. The van der Waals surface area contributed by atoms with E-state index in [-0.39, 0.29) is 0 Å². The van der Waals surface area contributed by atoms with Crippen molar-refractivity contribution in [3.8, 4) is 0 Å². The Bertz CT molecular complexity index is 424. The van der Waals surface area contributed by atoms with Crippen LogP contribution < -0.4 is 0 Å². The van der Waals surface area contributed by atoms with Gasteiger partial charge in [0.25, 0.3) is 0 Å². The van der Waals surface area contributed by atoms with E-state index in [1.165, 1.54) is 49.7 Å². The molecule has 0 spiro atoms. The lowest BCUT2D eigenvalue weighted by Gasteiger charge is -2.26. The third-order valence-electron chi connectivity index (χ3n) is 4.59. The fraction of sp³-hybridized carbons (Fsp3) is 0.500. The molecule has 0 heterocycles. The Kier molecular flexibility index (Phi) is 6.75. The number of ether oxygens (including phenoxy) is 1. The predicted molar refractivity (Wildman–Crippen MR) is 90.3 cm³/mol. The highest BCUT2D eigenvalue weighted by Gasteiger charge is 2.18. The van der Waals surface area contributed by atoms with Gasteiger partial charge in [0.1, 0.15) is 0 Å². The second-order valence-corrected chi connectivity index (χ2v) is 6.18. The Balaban J connectivity index is 1.71. The Morgan fingerprint density at radius 2 is 1.67 bits per heavy atom. The third-order valence-corrected chi connectivity index (χ3v) is 4.59. The van der Waals surface area contributed by atoms with E-state index in [0.29, 0.717) is 13.2 Å². The van der Waals surface area contributed by atoms with E-state index in [1.54, 1.807) is 6.08 Å². The maximum absolute atomic E-state index is 5.46. The first-order chi connectivity index (χ1) is 10.3. The van der Waals surface area contributed by atoms with E-state index in [9.17, 15) is 0 Å². The molecule has 1 aliphatic carbocycles. The highest BCUT2D eigenvalue weighted by molar-refractivity contribution is 5.22. The van der Waals surface area contributed by atoms with Crippen LogP contribution in [0.15, 0.2) is 49.6 Å². The lowest BCUT2D eigenvalue weighted by atomic mass is 9.79. The summed E-state index contributed by atoms with van der Waals surface area (Å²) in [7, 11) is 0. The van der Waals surface area contributed by atoms with Crippen molar-refractivity contribution >= 4 is 0 Å². The molecule has 0 unspecified atom stereocenters. The van der Waals surface area contributed by atoms with Crippen LogP contribution in [0.25, 0.3) is 0 Å². The molecular weight excluding hydrogens is 256 g/mol.